The lowest BCUT2D eigenvalue weighted by molar-refractivity contribution is 0.00155. The highest BCUT2D eigenvalue weighted by atomic mass is 15.3. The third-order valence-corrected chi connectivity index (χ3v) is 4.53. The van der Waals surface area contributed by atoms with Crippen molar-refractivity contribution in [1.82, 2.24) is 24.7 Å². The number of likely N-dealkylation sites (tertiary alicyclic amines) is 1. The molecule has 0 aromatic carbocycles. The van der Waals surface area contributed by atoms with E-state index in [0.717, 1.165) is 24.1 Å². The van der Waals surface area contributed by atoms with Gasteiger partial charge < -0.3 is 4.90 Å². The van der Waals surface area contributed by atoms with Gasteiger partial charge in [0.1, 0.15) is 5.82 Å². The minimum Gasteiger partial charge on any atom is -0.301 e. The third kappa shape index (κ3) is 3.16. The molecule has 2 fully saturated rings. The van der Waals surface area contributed by atoms with E-state index in [-0.39, 0.29) is 0 Å². The van der Waals surface area contributed by atoms with E-state index >= 15 is 0 Å². The van der Waals surface area contributed by atoms with Crippen molar-refractivity contribution < 1.29 is 0 Å². The van der Waals surface area contributed by atoms with Gasteiger partial charge in [-0.2, -0.15) is 0 Å². The summed E-state index contributed by atoms with van der Waals surface area (Å²) in [4.78, 5) is 16.3. The minimum atomic E-state index is 0.761. The van der Waals surface area contributed by atoms with Gasteiger partial charge in [0, 0.05) is 58.1 Å². The Hall–Kier alpha value is -1.04. The van der Waals surface area contributed by atoms with Crippen LogP contribution in [0.2, 0.25) is 0 Å². The molecule has 3 heterocycles. The third-order valence-electron chi connectivity index (χ3n) is 4.53. The summed E-state index contributed by atoms with van der Waals surface area (Å²) in [7, 11) is 0. The zero-order valence-electron chi connectivity index (χ0n) is 12.6. The van der Waals surface area contributed by atoms with E-state index in [4.69, 9.17) is 0 Å². The zero-order chi connectivity index (χ0) is 13.9. The number of piperazine rings is 1. The summed E-state index contributed by atoms with van der Waals surface area (Å²) in [6.45, 7) is 13.7. The van der Waals surface area contributed by atoms with Gasteiger partial charge in [-0.25, -0.2) is 9.97 Å². The van der Waals surface area contributed by atoms with Gasteiger partial charge >= 0.3 is 0 Å². The van der Waals surface area contributed by atoms with Crippen molar-refractivity contribution in [3.63, 3.8) is 0 Å². The Labute approximate surface area is 121 Å². The van der Waals surface area contributed by atoms with Crippen molar-refractivity contribution in [2.75, 3.05) is 45.8 Å². The molecule has 0 amide bonds. The first kappa shape index (κ1) is 13.9. The SMILES string of the molecule is CCN1CCN(C2CN(Cc3ccnc(C)n3)C2)CC1. The number of aromatic nitrogens is 2. The van der Waals surface area contributed by atoms with Crippen LogP contribution in [-0.2, 0) is 6.54 Å². The van der Waals surface area contributed by atoms with Crippen molar-refractivity contribution in [1.29, 1.82) is 0 Å². The van der Waals surface area contributed by atoms with Crippen LogP contribution in [0.1, 0.15) is 18.4 Å². The van der Waals surface area contributed by atoms with E-state index in [2.05, 4.69) is 31.6 Å². The fraction of sp³-hybridized carbons (Fsp3) is 0.733. The van der Waals surface area contributed by atoms with Crippen LogP contribution in [0.3, 0.4) is 0 Å². The summed E-state index contributed by atoms with van der Waals surface area (Å²) in [5.41, 5.74) is 1.15. The summed E-state index contributed by atoms with van der Waals surface area (Å²) in [5.74, 6) is 0.871. The van der Waals surface area contributed by atoms with Gasteiger partial charge in [-0.15, -0.1) is 0 Å². The van der Waals surface area contributed by atoms with Crippen LogP contribution in [0.25, 0.3) is 0 Å². The molecule has 110 valence electrons. The Bertz CT molecular complexity index is 436. The molecular formula is C15H25N5. The lowest BCUT2D eigenvalue weighted by Gasteiger charge is -2.48. The number of likely N-dealkylation sites (N-methyl/N-ethyl adjacent to an activating group) is 1. The molecule has 0 unspecified atom stereocenters. The monoisotopic (exact) mass is 275 g/mol. The number of aryl methyl sites for hydroxylation is 1. The maximum atomic E-state index is 4.48. The largest absolute Gasteiger partial charge is 0.301 e. The fourth-order valence-electron chi connectivity index (χ4n) is 3.17. The topological polar surface area (TPSA) is 35.5 Å². The van der Waals surface area contributed by atoms with E-state index in [1.165, 1.54) is 45.8 Å². The first-order valence-electron chi connectivity index (χ1n) is 7.72. The molecule has 0 bridgehead atoms. The Balaban J connectivity index is 1.43. The summed E-state index contributed by atoms with van der Waals surface area (Å²) in [6.07, 6.45) is 1.86. The van der Waals surface area contributed by atoms with Crippen LogP contribution in [0.4, 0.5) is 0 Å². The van der Waals surface area contributed by atoms with Crippen molar-refractivity contribution in [3.05, 3.63) is 23.8 Å². The normalized spacial score (nSPS) is 22.9. The van der Waals surface area contributed by atoms with Gasteiger partial charge in [-0.3, -0.25) is 9.80 Å². The van der Waals surface area contributed by atoms with Gasteiger partial charge in [0.2, 0.25) is 0 Å². The Morgan fingerprint density at radius 1 is 1.15 bits per heavy atom. The van der Waals surface area contributed by atoms with E-state index in [0.29, 0.717) is 0 Å². The fourth-order valence-corrected chi connectivity index (χ4v) is 3.17. The molecule has 2 aliphatic rings. The maximum Gasteiger partial charge on any atom is 0.125 e. The van der Waals surface area contributed by atoms with E-state index in [1.807, 2.05) is 19.2 Å². The molecule has 0 saturated carbocycles. The molecule has 0 N–H and O–H groups in total. The molecule has 20 heavy (non-hydrogen) atoms. The molecule has 0 radical (unpaired) electrons. The average molecular weight is 275 g/mol. The molecule has 2 saturated heterocycles. The van der Waals surface area contributed by atoms with Crippen molar-refractivity contribution in [2.45, 2.75) is 26.4 Å². The minimum absolute atomic E-state index is 0.761. The van der Waals surface area contributed by atoms with Gasteiger partial charge in [0.25, 0.3) is 0 Å². The standard InChI is InChI=1S/C15H25N5/c1-3-18-6-8-20(9-7-18)15-11-19(12-15)10-14-4-5-16-13(2)17-14/h4-5,15H,3,6-12H2,1-2H3. The smallest absolute Gasteiger partial charge is 0.125 e. The van der Waals surface area contributed by atoms with Crippen LogP contribution in [-0.4, -0.2) is 76.5 Å². The van der Waals surface area contributed by atoms with Crippen LogP contribution in [0, 0.1) is 6.92 Å². The van der Waals surface area contributed by atoms with Gasteiger partial charge in [-0.1, -0.05) is 6.92 Å². The second kappa shape index (κ2) is 6.16. The lowest BCUT2D eigenvalue weighted by atomic mass is 10.1. The number of hydrogen-bond donors (Lipinski definition) is 0. The molecule has 3 rings (SSSR count). The summed E-state index contributed by atoms with van der Waals surface area (Å²) >= 11 is 0. The molecule has 1 aromatic rings. The molecule has 0 spiro atoms. The second-order valence-corrected chi connectivity index (χ2v) is 5.91. The highest BCUT2D eigenvalue weighted by molar-refractivity contribution is 5.03. The molecule has 1 aromatic heterocycles. The molecule has 0 aliphatic carbocycles. The van der Waals surface area contributed by atoms with E-state index in [1.54, 1.807) is 0 Å². The number of nitrogens with zero attached hydrogens (tertiary/aromatic N) is 5. The van der Waals surface area contributed by atoms with Gasteiger partial charge in [-0.05, 0) is 19.5 Å². The Kier molecular flexibility index (Phi) is 4.29. The zero-order valence-corrected chi connectivity index (χ0v) is 12.6. The molecule has 2 aliphatic heterocycles. The quantitative estimate of drug-likeness (QED) is 0.804. The predicted molar refractivity (Wildman–Crippen MR) is 79.5 cm³/mol. The molecular weight excluding hydrogens is 250 g/mol. The van der Waals surface area contributed by atoms with E-state index in [9.17, 15) is 0 Å². The van der Waals surface area contributed by atoms with Crippen molar-refractivity contribution in [2.24, 2.45) is 0 Å². The Morgan fingerprint density at radius 3 is 2.55 bits per heavy atom. The number of rotatable bonds is 4. The molecule has 5 heteroatoms. The maximum absolute atomic E-state index is 4.48. The summed E-state index contributed by atoms with van der Waals surface area (Å²) in [6, 6.07) is 2.79. The Morgan fingerprint density at radius 2 is 1.90 bits per heavy atom. The molecule has 0 atom stereocenters. The first-order valence-corrected chi connectivity index (χ1v) is 7.72. The van der Waals surface area contributed by atoms with E-state index < -0.39 is 0 Å². The second-order valence-electron chi connectivity index (χ2n) is 5.91. The lowest BCUT2D eigenvalue weighted by Crippen LogP contribution is -2.62. The number of hydrogen-bond acceptors (Lipinski definition) is 5. The van der Waals surface area contributed by atoms with Crippen LogP contribution in [0.5, 0.6) is 0 Å². The van der Waals surface area contributed by atoms with Gasteiger partial charge in [0.15, 0.2) is 0 Å². The summed E-state index contributed by atoms with van der Waals surface area (Å²) < 4.78 is 0. The molecule has 5 nitrogen and oxygen atoms in total. The average Bonchev–Trinajstić information content (AvgIpc) is 2.43. The van der Waals surface area contributed by atoms with Crippen LogP contribution in [0.15, 0.2) is 12.3 Å². The van der Waals surface area contributed by atoms with Gasteiger partial charge in [0.05, 0.1) is 5.69 Å². The van der Waals surface area contributed by atoms with Crippen LogP contribution < -0.4 is 0 Å². The van der Waals surface area contributed by atoms with Crippen molar-refractivity contribution >= 4 is 0 Å². The highest BCUT2D eigenvalue weighted by Crippen LogP contribution is 2.18. The highest BCUT2D eigenvalue weighted by Gasteiger charge is 2.33. The predicted octanol–water partition coefficient (Wildman–Crippen LogP) is 0.607. The first-order chi connectivity index (χ1) is 9.74. The summed E-state index contributed by atoms with van der Waals surface area (Å²) in [5, 5.41) is 0. The van der Waals surface area contributed by atoms with Crippen LogP contribution >= 0.6 is 0 Å². The van der Waals surface area contributed by atoms with Crippen molar-refractivity contribution in [3.8, 4) is 0 Å².